The summed E-state index contributed by atoms with van der Waals surface area (Å²) in [4.78, 5) is 0. The maximum absolute atomic E-state index is 3.80. The second-order valence-electron chi connectivity index (χ2n) is 2.20. The highest BCUT2D eigenvalue weighted by Gasteiger charge is 1.88. The molecule has 0 N–H and O–H groups in total. The Morgan fingerprint density at radius 1 is 1.10 bits per heavy atom. The molecule has 0 aromatic carbocycles. The Labute approximate surface area is 72.9 Å². The second-order valence-corrected chi connectivity index (χ2v) is 4.91. The Hall–Kier alpha value is 0.700. The van der Waals surface area contributed by atoms with Gasteiger partial charge in [-0.25, -0.2) is 0 Å². The minimum Gasteiger partial charge on any atom is -0.0942 e. The minimum absolute atomic E-state index is 1.08. The van der Waals surface area contributed by atoms with E-state index >= 15 is 0 Å². The molecule has 0 bridgehead atoms. The van der Waals surface area contributed by atoms with E-state index in [0.717, 1.165) is 6.42 Å². The highest BCUT2D eigenvalue weighted by Crippen LogP contribution is 2.23. The number of hydrogen-bond acceptors (Lipinski definition) is 2. The van der Waals surface area contributed by atoms with E-state index in [-0.39, 0.29) is 0 Å². The lowest BCUT2D eigenvalue weighted by Crippen LogP contribution is -1.76. The zero-order valence-electron chi connectivity index (χ0n) is 6.77. The van der Waals surface area contributed by atoms with Gasteiger partial charge in [-0.3, -0.25) is 0 Å². The topological polar surface area (TPSA) is 0 Å². The van der Waals surface area contributed by atoms with E-state index in [1.165, 1.54) is 30.8 Å². The fourth-order valence-corrected chi connectivity index (χ4v) is 2.86. The molecule has 0 saturated carbocycles. The fourth-order valence-electron chi connectivity index (χ4n) is 0.482. The van der Waals surface area contributed by atoms with Crippen LogP contribution in [0.1, 0.15) is 32.6 Å². The molecule has 0 saturated heterocycles. The quantitative estimate of drug-likeness (QED) is 0.429. The van der Waals surface area contributed by atoms with Gasteiger partial charge in [0.25, 0.3) is 0 Å². The first kappa shape index (κ1) is 10.7. The highest BCUT2D eigenvalue weighted by atomic mass is 33.1. The van der Waals surface area contributed by atoms with Crippen molar-refractivity contribution in [3.05, 3.63) is 6.92 Å². The van der Waals surface area contributed by atoms with E-state index in [2.05, 4.69) is 13.8 Å². The molecule has 0 aliphatic heterocycles. The first-order valence-electron chi connectivity index (χ1n) is 3.95. The highest BCUT2D eigenvalue weighted by molar-refractivity contribution is 8.76. The normalized spacial score (nSPS) is 10.2. The lowest BCUT2D eigenvalue weighted by Gasteiger charge is -1.97. The van der Waals surface area contributed by atoms with Crippen molar-refractivity contribution in [1.82, 2.24) is 0 Å². The van der Waals surface area contributed by atoms with Crippen molar-refractivity contribution in [1.29, 1.82) is 0 Å². The predicted molar refractivity (Wildman–Crippen MR) is 54.4 cm³/mol. The molecule has 0 aliphatic rings. The fraction of sp³-hybridized carbons (Fsp3) is 0.875. The van der Waals surface area contributed by atoms with E-state index in [9.17, 15) is 0 Å². The van der Waals surface area contributed by atoms with E-state index in [4.69, 9.17) is 0 Å². The predicted octanol–water partition coefficient (Wildman–Crippen LogP) is 3.78. The van der Waals surface area contributed by atoms with Crippen molar-refractivity contribution in [2.24, 2.45) is 0 Å². The molecule has 0 aromatic heterocycles. The maximum Gasteiger partial charge on any atom is 0.00369 e. The lowest BCUT2D eigenvalue weighted by atomic mass is 10.4. The van der Waals surface area contributed by atoms with E-state index in [1.54, 1.807) is 0 Å². The summed E-state index contributed by atoms with van der Waals surface area (Å²) in [6.45, 7) is 6.03. The van der Waals surface area contributed by atoms with Gasteiger partial charge >= 0.3 is 0 Å². The zero-order chi connectivity index (χ0) is 7.66. The Morgan fingerprint density at radius 2 is 1.70 bits per heavy atom. The molecule has 0 heterocycles. The van der Waals surface area contributed by atoms with Gasteiger partial charge in [-0.1, -0.05) is 48.3 Å². The van der Waals surface area contributed by atoms with Crippen molar-refractivity contribution in [3.63, 3.8) is 0 Å². The van der Waals surface area contributed by atoms with Crippen LogP contribution in [0, 0.1) is 6.92 Å². The molecule has 0 aromatic rings. The number of unbranched alkanes of at least 4 members (excludes halogenated alkanes) is 2. The Balaban J connectivity index is 2.65. The average molecular weight is 177 g/mol. The van der Waals surface area contributed by atoms with Crippen molar-refractivity contribution < 1.29 is 0 Å². The molecule has 0 aliphatic carbocycles. The van der Waals surface area contributed by atoms with Crippen LogP contribution in [0.3, 0.4) is 0 Å². The molecular formula is C8H17S2. The van der Waals surface area contributed by atoms with Crippen LogP contribution in [0.4, 0.5) is 0 Å². The number of hydrogen-bond donors (Lipinski definition) is 0. The molecule has 0 atom stereocenters. The molecule has 0 spiro atoms. The van der Waals surface area contributed by atoms with Gasteiger partial charge in [0.15, 0.2) is 0 Å². The molecule has 0 amide bonds. The maximum atomic E-state index is 3.80. The van der Waals surface area contributed by atoms with Crippen LogP contribution >= 0.6 is 21.6 Å². The van der Waals surface area contributed by atoms with Gasteiger partial charge in [-0.2, -0.15) is 0 Å². The van der Waals surface area contributed by atoms with Crippen LogP contribution in [0.15, 0.2) is 0 Å². The summed E-state index contributed by atoms with van der Waals surface area (Å²) in [6.07, 6.45) is 5.04. The summed E-state index contributed by atoms with van der Waals surface area (Å²) in [7, 11) is 4.00. The van der Waals surface area contributed by atoms with Crippen molar-refractivity contribution in [3.8, 4) is 0 Å². The smallest absolute Gasteiger partial charge is 0.00369 e. The van der Waals surface area contributed by atoms with Crippen molar-refractivity contribution >= 4 is 21.6 Å². The third-order valence-electron chi connectivity index (χ3n) is 1.14. The van der Waals surface area contributed by atoms with Crippen LogP contribution < -0.4 is 0 Å². The van der Waals surface area contributed by atoms with Crippen LogP contribution in [-0.4, -0.2) is 11.5 Å². The van der Waals surface area contributed by atoms with Crippen molar-refractivity contribution in [2.75, 3.05) is 11.5 Å². The molecule has 0 unspecified atom stereocenters. The van der Waals surface area contributed by atoms with Crippen LogP contribution in [0.2, 0.25) is 0 Å². The third-order valence-corrected chi connectivity index (χ3v) is 3.72. The standard InChI is InChI=1S/C8H17S2/c1-3-5-7-9-10-8-6-4-2/h1,3-8H2,2H3. The van der Waals surface area contributed by atoms with Gasteiger partial charge in [0.05, 0.1) is 0 Å². The summed E-state index contributed by atoms with van der Waals surface area (Å²) < 4.78 is 0. The van der Waals surface area contributed by atoms with Gasteiger partial charge in [0.2, 0.25) is 0 Å². The van der Waals surface area contributed by atoms with E-state index in [0.29, 0.717) is 0 Å². The second kappa shape index (κ2) is 9.70. The van der Waals surface area contributed by atoms with Gasteiger partial charge < -0.3 is 0 Å². The zero-order valence-corrected chi connectivity index (χ0v) is 8.40. The molecule has 1 radical (unpaired) electrons. The molecule has 2 heteroatoms. The molecule has 10 heavy (non-hydrogen) atoms. The van der Waals surface area contributed by atoms with E-state index in [1.807, 2.05) is 21.6 Å². The van der Waals surface area contributed by atoms with Gasteiger partial charge in [-0.05, 0) is 12.8 Å². The SMILES string of the molecule is [CH2]CCCSSCCCC. The lowest BCUT2D eigenvalue weighted by molar-refractivity contribution is 0.898. The summed E-state index contributed by atoms with van der Waals surface area (Å²) >= 11 is 0. The summed E-state index contributed by atoms with van der Waals surface area (Å²) in [5, 5.41) is 0. The first-order valence-corrected chi connectivity index (χ1v) is 6.44. The van der Waals surface area contributed by atoms with Crippen LogP contribution in [-0.2, 0) is 0 Å². The van der Waals surface area contributed by atoms with Crippen LogP contribution in [0.5, 0.6) is 0 Å². The monoisotopic (exact) mass is 177 g/mol. The molecule has 0 fully saturated rings. The van der Waals surface area contributed by atoms with Gasteiger partial charge in [0, 0.05) is 11.5 Å². The van der Waals surface area contributed by atoms with E-state index < -0.39 is 0 Å². The van der Waals surface area contributed by atoms with Crippen LogP contribution in [0.25, 0.3) is 0 Å². The van der Waals surface area contributed by atoms with Crippen molar-refractivity contribution in [2.45, 2.75) is 32.6 Å². The summed E-state index contributed by atoms with van der Waals surface area (Å²) in [5.74, 6) is 2.59. The molecule has 0 nitrogen and oxygen atoms in total. The molecule has 0 rings (SSSR count). The Kier molecular flexibility index (Phi) is 10.4. The first-order chi connectivity index (χ1) is 4.91. The van der Waals surface area contributed by atoms with Gasteiger partial charge in [-0.15, -0.1) is 0 Å². The largest absolute Gasteiger partial charge is 0.0942 e. The molecule has 61 valence electrons. The Morgan fingerprint density at radius 3 is 2.20 bits per heavy atom. The number of rotatable bonds is 7. The minimum atomic E-state index is 1.08. The Bertz CT molecular complexity index is 47.2. The van der Waals surface area contributed by atoms with Gasteiger partial charge in [0.1, 0.15) is 0 Å². The third kappa shape index (κ3) is 8.70. The average Bonchev–Trinajstić information content (AvgIpc) is 1.97. The molecular weight excluding hydrogens is 160 g/mol. The summed E-state index contributed by atoms with van der Waals surface area (Å²) in [5.41, 5.74) is 0. The summed E-state index contributed by atoms with van der Waals surface area (Å²) in [6, 6.07) is 0.